The van der Waals surface area contributed by atoms with Crippen LogP contribution in [0, 0.1) is 11.6 Å². The standard InChI is InChI=1S/C21H22F2N4O2/c1-13(12-28)25-21(29)19-10-24-20-7-5-15(11-27(19)20)26-8-2-3-18(26)16-9-14(22)4-6-17(16)23/h4-7,9-11,13,18,28H,2-3,8,12H2,1H3,(H,25,29). The number of aromatic nitrogens is 2. The molecule has 8 heteroatoms. The first-order chi connectivity index (χ1) is 14.0. The van der Waals surface area contributed by atoms with Crippen LogP contribution in [-0.2, 0) is 0 Å². The number of benzene rings is 1. The van der Waals surface area contributed by atoms with Crippen molar-refractivity contribution >= 4 is 17.2 Å². The Morgan fingerprint density at radius 3 is 2.97 bits per heavy atom. The summed E-state index contributed by atoms with van der Waals surface area (Å²) in [6.07, 6.45) is 4.83. The molecule has 152 valence electrons. The van der Waals surface area contributed by atoms with Gasteiger partial charge in [-0.3, -0.25) is 9.20 Å². The van der Waals surface area contributed by atoms with Crippen LogP contribution in [0.5, 0.6) is 0 Å². The number of fused-ring (bicyclic) bond motifs is 1. The summed E-state index contributed by atoms with van der Waals surface area (Å²) in [6, 6.07) is 6.53. The number of halogens is 2. The summed E-state index contributed by atoms with van der Waals surface area (Å²) in [4.78, 5) is 18.8. The van der Waals surface area contributed by atoms with Crippen LogP contribution in [-0.4, -0.2) is 39.6 Å². The van der Waals surface area contributed by atoms with Crippen molar-refractivity contribution in [1.82, 2.24) is 14.7 Å². The third kappa shape index (κ3) is 3.67. The molecule has 0 bridgehead atoms. The number of carbonyl (C=O) groups is 1. The number of hydrogen-bond donors (Lipinski definition) is 2. The number of rotatable bonds is 5. The van der Waals surface area contributed by atoms with Crippen LogP contribution in [0.2, 0.25) is 0 Å². The van der Waals surface area contributed by atoms with Gasteiger partial charge in [-0.2, -0.15) is 0 Å². The maximum atomic E-state index is 14.4. The molecular weight excluding hydrogens is 378 g/mol. The number of anilines is 1. The minimum atomic E-state index is -0.463. The van der Waals surface area contributed by atoms with Crippen LogP contribution >= 0.6 is 0 Å². The molecule has 29 heavy (non-hydrogen) atoms. The van der Waals surface area contributed by atoms with Crippen molar-refractivity contribution in [3.63, 3.8) is 0 Å². The Balaban J connectivity index is 1.69. The van der Waals surface area contributed by atoms with Crippen molar-refractivity contribution in [2.24, 2.45) is 0 Å². The van der Waals surface area contributed by atoms with Gasteiger partial charge < -0.3 is 15.3 Å². The van der Waals surface area contributed by atoms with Crippen LogP contribution < -0.4 is 10.2 Å². The maximum absolute atomic E-state index is 14.4. The van der Waals surface area contributed by atoms with Gasteiger partial charge in [0.1, 0.15) is 23.0 Å². The maximum Gasteiger partial charge on any atom is 0.270 e. The van der Waals surface area contributed by atoms with Crippen molar-refractivity contribution < 1.29 is 18.7 Å². The third-order valence-electron chi connectivity index (χ3n) is 5.28. The largest absolute Gasteiger partial charge is 0.394 e. The normalized spacial score (nSPS) is 17.7. The van der Waals surface area contributed by atoms with E-state index in [2.05, 4.69) is 10.3 Å². The lowest BCUT2D eigenvalue weighted by Crippen LogP contribution is -2.35. The van der Waals surface area contributed by atoms with Gasteiger partial charge in [0.15, 0.2) is 0 Å². The zero-order valence-electron chi connectivity index (χ0n) is 16.0. The highest BCUT2D eigenvalue weighted by Gasteiger charge is 2.29. The monoisotopic (exact) mass is 400 g/mol. The second-order valence-corrected chi connectivity index (χ2v) is 7.33. The average Bonchev–Trinajstić information content (AvgIpc) is 3.36. The first-order valence-corrected chi connectivity index (χ1v) is 9.58. The molecule has 0 radical (unpaired) electrons. The van der Waals surface area contributed by atoms with E-state index in [4.69, 9.17) is 5.11 Å². The van der Waals surface area contributed by atoms with E-state index in [1.807, 2.05) is 11.0 Å². The molecule has 2 unspecified atom stereocenters. The molecule has 2 aromatic heterocycles. The van der Waals surface area contributed by atoms with Gasteiger partial charge in [0.05, 0.1) is 24.5 Å². The molecule has 1 aliphatic heterocycles. The van der Waals surface area contributed by atoms with E-state index >= 15 is 0 Å². The molecule has 6 nitrogen and oxygen atoms in total. The van der Waals surface area contributed by atoms with E-state index in [0.717, 1.165) is 24.2 Å². The molecule has 3 aromatic rings. The van der Waals surface area contributed by atoms with E-state index < -0.39 is 11.6 Å². The van der Waals surface area contributed by atoms with Crippen LogP contribution in [0.1, 0.15) is 41.9 Å². The summed E-state index contributed by atoms with van der Waals surface area (Å²) in [7, 11) is 0. The Morgan fingerprint density at radius 2 is 2.17 bits per heavy atom. The first kappa shape index (κ1) is 19.3. The van der Waals surface area contributed by atoms with Crippen molar-refractivity contribution in [3.05, 3.63) is 65.6 Å². The number of amides is 1. The molecule has 0 aliphatic carbocycles. The fourth-order valence-corrected chi connectivity index (χ4v) is 3.82. The molecule has 1 saturated heterocycles. The molecule has 4 rings (SSSR count). The van der Waals surface area contributed by atoms with Crippen LogP contribution in [0.25, 0.3) is 5.65 Å². The molecule has 1 fully saturated rings. The van der Waals surface area contributed by atoms with E-state index in [0.29, 0.717) is 29.9 Å². The molecule has 1 aromatic carbocycles. The second-order valence-electron chi connectivity index (χ2n) is 7.33. The zero-order valence-corrected chi connectivity index (χ0v) is 16.0. The number of aliphatic hydroxyl groups is 1. The summed E-state index contributed by atoms with van der Waals surface area (Å²) in [5.41, 5.74) is 2.08. The summed E-state index contributed by atoms with van der Waals surface area (Å²) < 4.78 is 29.7. The second kappa shape index (κ2) is 7.79. The number of pyridine rings is 1. The lowest BCUT2D eigenvalue weighted by Gasteiger charge is -2.27. The number of aliphatic hydroxyl groups excluding tert-OH is 1. The summed E-state index contributed by atoms with van der Waals surface area (Å²) >= 11 is 0. The van der Waals surface area contributed by atoms with Crippen molar-refractivity contribution in [2.75, 3.05) is 18.1 Å². The van der Waals surface area contributed by atoms with Crippen LogP contribution in [0.4, 0.5) is 14.5 Å². The highest BCUT2D eigenvalue weighted by molar-refractivity contribution is 5.93. The van der Waals surface area contributed by atoms with Crippen molar-refractivity contribution in [2.45, 2.75) is 31.8 Å². The smallest absolute Gasteiger partial charge is 0.270 e. The van der Waals surface area contributed by atoms with Crippen molar-refractivity contribution in [3.8, 4) is 0 Å². The SMILES string of the molecule is CC(CO)NC(=O)c1cnc2ccc(N3CCCC3c3cc(F)ccc3F)cn12. The van der Waals surface area contributed by atoms with E-state index in [1.165, 1.54) is 12.3 Å². The van der Waals surface area contributed by atoms with E-state index in [-0.39, 0.29) is 24.6 Å². The zero-order chi connectivity index (χ0) is 20.5. The molecular formula is C21H22F2N4O2. The third-order valence-corrected chi connectivity index (χ3v) is 5.28. The number of nitrogens with one attached hydrogen (secondary N) is 1. The molecule has 3 heterocycles. The number of nitrogens with zero attached hydrogens (tertiary/aromatic N) is 3. The first-order valence-electron chi connectivity index (χ1n) is 9.58. The number of hydrogen-bond acceptors (Lipinski definition) is 4. The van der Waals surface area contributed by atoms with E-state index in [1.54, 1.807) is 23.6 Å². The Morgan fingerprint density at radius 1 is 1.34 bits per heavy atom. The van der Waals surface area contributed by atoms with Crippen LogP contribution in [0.3, 0.4) is 0 Å². The Hall–Kier alpha value is -3.00. The van der Waals surface area contributed by atoms with Gasteiger partial charge in [0.25, 0.3) is 5.91 Å². The van der Waals surface area contributed by atoms with Gasteiger partial charge in [0.2, 0.25) is 0 Å². The van der Waals surface area contributed by atoms with Gasteiger partial charge in [-0.25, -0.2) is 13.8 Å². The predicted octanol–water partition coefficient (Wildman–Crippen LogP) is 3.06. The average molecular weight is 400 g/mol. The topological polar surface area (TPSA) is 69.9 Å². The minimum absolute atomic E-state index is 0.164. The summed E-state index contributed by atoms with van der Waals surface area (Å²) in [5, 5.41) is 11.9. The quantitative estimate of drug-likeness (QED) is 0.691. The van der Waals surface area contributed by atoms with Gasteiger partial charge >= 0.3 is 0 Å². The van der Waals surface area contributed by atoms with Gasteiger partial charge in [0, 0.05) is 24.3 Å². The summed E-state index contributed by atoms with van der Waals surface area (Å²) in [6.45, 7) is 2.24. The molecule has 2 N–H and O–H groups in total. The fourth-order valence-electron chi connectivity index (χ4n) is 3.82. The lowest BCUT2D eigenvalue weighted by atomic mass is 10.0. The summed E-state index contributed by atoms with van der Waals surface area (Å²) in [5.74, 6) is -1.23. The highest BCUT2D eigenvalue weighted by Crippen LogP contribution is 2.37. The molecule has 2 atom stereocenters. The van der Waals surface area contributed by atoms with E-state index in [9.17, 15) is 13.6 Å². The molecule has 0 spiro atoms. The number of imidazole rings is 1. The Labute approximate surface area is 166 Å². The number of carbonyl (C=O) groups excluding carboxylic acids is 1. The fraction of sp³-hybridized carbons (Fsp3) is 0.333. The Kier molecular flexibility index (Phi) is 5.19. The molecule has 1 aliphatic rings. The minimum Gasteiger partial charge on any atom is -0.394 e. The van der Waals surface area contributed by atoms with Gasteiger partial charge in [-0.05, 0) is 50.1 Å². The predicted molar refractivity (Wildman–Crippen MR) is 105 cm³/mol. The Bertz CT molecular complexity index is 1050. The highest BCUT2D eigenvalue weighted by atomic mass is 19.1. The van der Waals surface area contributed by atoms with Gasteiger partial charge in [-0.1, -0.05) is 0 Å². The van der Waals surface area contributed by atoms with Crippen molar-refractivity contribution in [1.29, 1.82) is 0 Å². The molecule has 0 saturated carbocycles. The van der Waals surface area contributed by atoms with Gasteiger partial charge in [-0.15, -0.1) is 0 Å². The van der Waals surface area contributed by atoms with Crippen LogP contribution in [0.15, 0.2) is 42.7 Å². The lowest BCUT2D eigenvalue weighted by molar-refractivity contribution is 0.0916. The molecule has 1 amide bonds.